The largest absolute Gasteiger partial charge is 0.356 e. The van der Waals surface area contributed by atoms with Crippen molar-refractivity contribution in [2.75, 3.05) is 13.1 Å². The van der Waals surface area contributed by atoms with Crippen molar-refractivity contribution in [1.82, 2.24) is 5.32 Å². The zero-order valence-electron chi connectivity index (χ0n) is 11.4. The fourth-order valence-electron chi connectivity index (χ4n) is 2.88. The summed E-state index contributed by atoms with van der Waals surface area (Å²) < 4.78 is 26.8. The van der Waals surface area contributed by atoms with E-state index in [9.17, 15) is 13.6 Å². The summed E-state index contributed by atoms with van der Waals surface area (Å²) in [6.07, 6.45) is 3.00. The molecule has 1 aromatic carbocycles. The van der Waals surface area contributed by atoms with E-state index in [2.05, 4.69) is 5.32 Å². The maximum absolute atomic E-state index is 13.4. The molecule has 0 radical (unpaired) electrons. The Kier molecular flexibility index (Phi) is 5.06. The molecule has 2 atom stereocenters. The first-order chi connectivity index (χ1) is 9.63. The molecule has 1 aliphatic rings. The summed E-state index contributed by atoms with van der Waals surface area (Å²) in [5.74, 6) is -1.000. The molecule has 3 N–H and O–H groups in total. The summed E-state index contributed by atoms with van der Waals surface area (Å²) in [4.78, 5) is 12.0. The molecular formula is C15H20F2N2O. The molecule has 0 saturated heterocycles. The summed E-state index contributed by atoms with van der Waals surface area (Å²) >= 11 is 0. The van der Waals surface area contributed by atoms with Gasteiger partial charge in [-0.15, -0.1) is 0 Å². The van der Waals surface area contributed by atoms with Gasteiger partial charge in [-0.05, 0) is 43.9 Å². The van der Waals surface area contributed by atoms with Crippen LogP contribution < -0.4 is 11.1 Å². The van der Waals surface area contributed by atoms with Crippen molar-refractivity contribution in [3.8, 4) is 0 Å². The van der Waals surface area contributed by atoms with Gasteiger partial charge < -0.3 is 11.1 Å². The van der Waals surface area contributed by atoms with Crippen LogP contribution in [0.15, 0.2) is 18.2 Å². The molecule has 0 aliphatic heterocycles. The standard InChI is InChI=1S/C15H20F2N2O/c16-13-5-2-6-14(17)12(13)7-8-19-15(20)11-4-1-3-10(11)9-18/h2,5-6,10-11H,1,3-4,7-9,18H2,(H,19,20)/t10-,11-/m1/s1. The van der Waals surface area contributed by atoms with Crippen LogP contribution >= 0.6 is 0 Å². The van der Waals surface area contributed by atoms with Crippen molar-refractivity contribution in [3.05, 3.63) is 35.4 Å². The van der Waals surface area contributed by atoms with Crippen LogP contribution in [0.25, 0.3) is 0 Å². The van der Waals surface area contributed by atoms with E-state index in [-0.39, 0.29) is 36.3 Å². The van der Waals surface area contributed by atoms with Crippen LogP contribution in [0.3, 0.4) is 0 Å². The van der Waals surface area contributed by atoms with E-state index in [0.717, 1.165) is 19.3 Å². The SMILES string of the molecule is NC[C@H]1CCC[C@H]1C(=O)NCCc1c(F)cccc1F. The first-order valence-corrected chi connectivity index (χ1v) is 7.04. The number of nitrogens with one attached hydrogen (secondary N) is 1. The summed E-state index contributed by atoms with van der Waals surface area (Å²) in [5.41, 5.74) is 5.67. The van der Waals surface area contributed by atoms with E-state index in [1.165, 1.54) is 18.2 Å². The quantitative estimate of drug-likeness (QED) is 0.868. The molecule has 1 saturated carbocycles. The predicted octanol–water partition coefficient (Wildman–Crippen LogP) is 2.00. The van der Waals surface area contributed by atoms with Crippen LogP contribution in [0.4, 0.5) is 8.78 Å². The van der Waals surface area contributed by atoms with Crippen LogP contribution in [0.2, 0.25) is 0 Å². The highest BCUT2D eigenvalue weighted by atomic mass is 19.1. The predicted molar refractivity (Wildman–Crippen MR) is 73.0 cm³/mol. The molecule has 1 fully saturated rings. The molecule has 0 aromatic heterocycles. The molecule has 20 heavy (non-hydrogen) atoms. The highest BCUT2D eigenvalue weighted by molar-refractivity contribution is 5.79. The van der Waals surface area contributed by atoms with Crippen LogP contribution in [0, 0.1) is 23.5 Å². The molecular weight excluding hydrogens is 262 g/mol. The Morgan fingerprint density at radius 1 is 1.30 bits per heavy atom. The number of carbonyl (C=O) groups is 1. The Morgan fingerprint density at radius 3 is 2.65 bits per heavy atom. The fraction of sp³-hybridized carbons (Fsp3) is 0.533. The van der Waals surface area contributed by atoms with E-state index in [0.29, 0.717) is 6.54 Å². The van der Waals surface area contributed by atoms with Crippen LogP contribution in [0.1, 0.15) is 24.8 Å². The van der Waals surface area contributed by atoms with Crippen molar-refractivity contribution in [3.63, 3.8) is 0 Å². The topological polar surface area (TPSA) is 55.1 Å². The van der Waals surface area contributed by atoms with Gasteiger partial charge in [0.1, 0.15) is 11.6 Å². The molecule has 2 rings (SSSR count). The van der Waals surface area contributed by atoms with Gasteiger partial charge in [0.15, 0.2) is 0 Å². The zero-order chi connectivity index (χ0) is 14.5. The second-order valence-corrected chi connectivity index (χ2v) is 5.27. The molecule has 0 heterocycles. The van der Waals surface area contributed by atoms with Gasteiger partial charge in [0.25, 0.3) is 0 Å². The molecule has 1 aromatic rings. The lowest BCUT2D eigenvalue weighted by molar-refractivity contribution is -0.125. The van der Waals surface area contributed by atoms with E-state index >= 15 is 0 Å². The Hall–Kier alpha value is -1.49. The van der Waals surface area contributed by atoms with Crippen molar-refractivity contribution < 1.29 is 13.6 Å². The normalized spacial score (nSPS) is 21.9. The Labute approximate surface area is 117 Å². The lowest BCUT2D eigenvalue weighted by Crippen LogP contribution is -2.36. The second kappa shape index (κ2) is 6.79. The average Bonchev–Trinajstić information content (AvgIpc) is 2.90. The lowest BCUT2D eigenvalue weighted by atomic mass is 9.95. The van der Waals surface area contributed by atoms with E-state index in [1.807, 2.05) is 0 Å². The number of benzene rings is 1. The number of amides is 1. The Morgan fingerprint density at radius 2 is 2.00 bits per heavy atom. The number of carbonyl (C=O) groups excluding carboxylic acids is 1. The second-order valence-electron chi connectivity index (χ2n) is 5.27. The average molecular weight is 282 g/mol. The number of rotatable bonds is 5. The molecule has 1 aliphatic carbocycles. The molecule has 0 bridgehead atoms. The summed E-state index contributed by atoms with van der Waals surface area (Å²) in [5, 5.41) is 2.76. The molecule has 0 unspecified atom stereocenters. The first kappa shape index (κ1) is 14.9. The molecule has 3 nitrogen and oxygen atoms in total. The highest BCUT2D eigenvalue weighted by Gasteiger charge is 2.31. The van der Waals surface area contributed by atoms with Gasteiger partial charge in [-0.1, -0.05) is 12.5 Å². The summed E-state index contributed by atoms with van der Waals surface area (Å²) in [6, 6.07) is 3.78. The van der Waals surface area contributed by atoms with Gasteiger partial charge in [0.05, 0.1) is 0 Å². The zero-order valence-corrected chi connectivity index (χ0v) is 11.4. The van der Waals surface area contributed by atoms with Gasteiger partial charge in [-0.2, -0.15) is 0 Å². The minimum absolute atomic E-state index is 0.0228. The minimum atomic E-state index is -0.569. The van der Waals surface area contributed by atoms with Crippen molar-refractivity contribution in [2.45, 2.75) is 25.7 Å². The van der Waals surface area contributed by atoms with E-state index in [4.69, 9.17) is 5.73 Å². The van der Waals surface area contributed by atoms with Gasteiger partial charge in [0, 0.05) is 18.0 Å². The Balaban J connectivity index is 1.85. The van der Waals surface area contributed by atoms with Gasteiger partial charge in [-0.25, -0.2) is 8.78 Å². The maximum atomic E-state index is 13.4. The number of halogens is 2. The summed E-state index contributed by atoms with van der Waals surface area (Å²) in [7, 11) is 0. The van der Waals surface area contributed by atoms with Crippen LogP contribution in [-0.2, 0) is 11.2 Å². The third-order valence-electron chi connectivity index (χ3n) is 4.03. The number of hydrogen-bond donors (Lipinski definition) is 2. The van der Waals surface area contributed by atoms with E-state index in [1.54, 1.807) is 0 Å². The third-order valence-corrected chi connectivity index (χ3v) is 4.03. The maximum Gasteiger partial charge on any atom is 0.223 e. The minimum Gasteiger partial charge on any atom is -0.356 e. The monoisotopic (exact) mass is 282 g/mol. The first-order valence-electron chi connectivity index (χ1n) is 7.04. The summed E-state index contributed by atoms with van der Waals surface area (Å²) in [6.45, 7) is 0.754. The smallest absolute Gasteiger partial charge is 0.223 e. The molecule has 110 valence electrons. The van der Waals surface area contributed by atoms with Crippen molar-refractivity contribution in [2.24, 2.45) is 17.6 Å². The fourth-order valence-corrected chi connectivity index (χ4v) is 2.88. The van der Waals surface area contributed by atoms with E-state index < -0.39 is 11.6 Å². The Bertz CT molecular complexity index is 459. The molecule has 5 heteroatoms. The lowest BCUT2D eigenvalue weighted by Gasteiger charge is -2.17. The number of hydrogen-bond acceptors (Lipinski definition) is 2. The number of nitrogens with two attached hydrogens (primary N) is 1. The van der Waals surface area contributed by atoms with Gasteiger partial charge in [0.2, 0.25) is 5.91 Å². The van der Waals surface area contributed by atoms with Gasteiger partial charge >= 0.3 is 0 Å². The van der Waals surface area contributed by atoms with Gasteiger partial charge in [-0.3, -0.25) is 4.79 Å². The van der Waals surface area contributed by atoms with Crippen LogP contribution in [0.5, 0.6) is 0 Å². The molecule has 1 amide bonds. The van der Waals surface area contributed by atoms with Crippen LogP contribution in [-0.4, -0.2) is 19.0 Å². The van der Waals surface area contributed by atoms with Crippen molar-refractivity contribution >= 4 is 5.91 Å². The van der Waals surface area contributed by atoms with Crippen molar-refractivity contribution in [1.29, 1.82) is 0 Å². The molecule has 0 spiro atoms. The highest BCUT2D eigenvalue weighted by Crippen LogP contribution is 2.30. The third kappa shape index (κ3) is 3.33.